The minimum Gasteiger partial charge on any atom is -0.334 e. The van der Waals surface area contributed by atoms with Gasteiger partial charge in [-0.05, 0) is 18.1 Å². The summed E-state index contributed by atoms with van der Waals surface area (Å²) in [7, 11) is 0. The number of rotatable bonds is 2. The molecule has 1 rings (SSSR count). The van der Waals surface area contributed by atoms with Crippen molar-refractivity contribution in [3.05, 3.63) is 16.7 Å². The number of nitrogens with two attached hydrogens (primary N) is 1. The first kappa shape index (κ1) is 8.49. The molecular formula is C7H13N3S. The van der Waals surface area contributed by atoms with Gasteiger partial charge in [-0.3, -0.25) is 0 Å². The second kappa shape index (κ2) is 3.19. The van der Waals surface area contributed by atoms with Crippen LogP contribution in [0.3, 0.4) is 0 Å². The van der Waals surface area contributed by atoms with E-state index in [2.05, 4.69) is 18.8 Å². The molecule has 0 aromatic carbocycles. The topological polar surface area (TPSA) is 46.7 Å². The van der Waals surface area contributed by atoms with E-state index in [1.54, 1.807) is 0 Å². The van der Waals surface area contributed by atoms with Gasteiger partial charge in [0.1, 0.15) is 0 Å². The van der Waals surface area contributed by atoms with Gasteiger partial charge in [0.2, 0.25) is 0 Å². The molecular weight excluding hydrogens is 158 g/mol. The quantitative estimate of drug-likeness (QED) is 0.664. The first-order valence-corrected chi connectivity index (χ1v) is 4.05. The van der Waals surface area contributed by atoms with E-state index in [1.165, 1.54) is 0 Å². The van der Waals surface area contributed by atoms with Crippen LogP contribution in [0.15, 0.2) is 6.20 Å². The van der Waals surface area contributed by atoms with Crippen LogP contribution in [0.5, 0.6) is 0 Å². The highest BCUT2D eigenvalue weighted by Crippen LogP contribution is 2.10. The maximum absolute atomic E-state index is 5.44. The number of aromatic amines is 1. The maximum Gasteiger partial charge on any atom is 0.178 e. The molecule has 0 aliphatic rings. The van der Waals surface area contributed by atoms with Crippen LogP contribution in [0.2, 0.25) is 0 Å². The van der Waals surface area contributed by atoms with Gasteiger partial charge in [0, 0.05) is 11.9 Å². The summed E-state index contributed by atoms with van der Waals surface area (Å²) in [6.45, 7) is 4.67. The van der Waals surface area contributed by atoms with Crippen LogP contribution in [0, 0.1) is 4.77 Å². The highest BCUT2D eigenvalue weighted by atomic mass is 32.1. The Kier molecular flexibility index (Phi) is 2.46. The number of hydrogen-bond donors (Lipinski definition) is 2. The van der Waals surface area contributed by atoms with Gasteiger partial charge in [0.25, 0.3) is 0 Å². The fourth-order valence-corrected chi connectivity index (χ4v) is 1.13. The van der Waals surface area contributed by atoms with Crippen molar-refractivity contribution >= 4 is 12.2 Å². The Morgan fingerprint density at radius 2 is 2.36 bits per heavy atom. The van der Waals surface area contributed by atoms with E-state index in [9.17, 15) is 0 Å². The van der Waals surface area contributed by atoms with Gasteiger partial charge in [-0.2, -0.15) is 0 Å². The van der Waals surface area contributed by atoms with Crippen molar-refractivity contribution in [3.8, 4) is 0 Å². The van der Waals surface area contributed by atoms with Gasteiger partial charge in [0.15, 0.2) is 4.77 Å². The molecule has 1 aromatic rings. The zero-order valence-corrected chi connectivity index (χ0v) is 7.61. The minimum atomic E-state index is 0.446. The third kappa shape index (κ3) is 1.70. The van der Waals surface area contributed by atoms with E-state index >= 15 is 0 Å². The lowest BCUT2D eigenvalue weighted by Gasteiger charge is -1.97. The lowest BCUT2D eigenvalue weighted by atomic mass is 10.2. The Hall–Kier alpha value is -0.610. The van der Waals surface area contributed by atoms with Gasteiger partial charge in [-0.15, -0.1) is 0 Å². The summed E-state index contributed by atoms with van der Waals surface area (Å²) in [5.41, 5.74) is 6.58. The summed E-state index contributed by atoms with van der Waals surface area (Å²) in [5.74, 6) is 0.476. The fourth-order valence-electron chi connectivity index (χ4n) is 0.883. The van der Waals surface area contributed by atoms with Gasteiger partial charge in [-0.1, -0.05) is 13.8 Å². The molecule has 1 heterocycles. The minimum absolute atomic E-state index is 0.446. The largest absolute Gasteiger partial charge is 0.334 e. The first-order chi connectivity index (χ1) is 5.15. The fraction of sp³-hybridized carbons (Fsp3) is 0.571. The van der Waals surface area contributed by atoms with E-state index < -0.39 is 0 Å². The summed E-state index contributed by atoms with van der Waals surface area (Å²) in [6.07, 6.45) is 1.97. The molecule has 0 spiro atoms. The van der Waals surface area contributed by atoms with Crippen LogP contribution in [-0.4, -0.2) is 9.55 Å². The Morgan fingerprint density at radius 1 is 1.73 bits per heavy atom. The number of aromatic nitrogens is 2. The van der Waals surface area contributed by atoms with Crippen LogP contribution < -0.4 is 5.73 Å². The monoisotopic (exact) mass is 171 g/mol. The molecule has 11 heavy (non-hydrogen) atoms. The summed E-state index contributed by atoms with van der Waals surface area (Å²) < 4.78 is 2.53. The maximum atomic E-state index is 5.44. The van der Waals surface area contributed by atoms with Gasteiger partial charge < -0.3 is 15.3 Å². The summed E-state index contributed by atoms with van der Waals surface area (Å²) in [6, 6.07) is 0. The molecule has 0 fully saturated rings. The van der Waals surface area contributed by atoms with Crippen molar-refractivity contribution in [1.82, 2.24) is 9.55 Å². The summed E-state index contributed by atoms with van der Waals surface area (Å²) in [4.78, 5) is 3.09. The second-order valence-electron chi connectivity index (χ2n) is 2.82. The number of H-pyrrole nitrogens is 1. The molecule has 0 aliphatic carbocycles. The third-order valence-corrected chi connectivity index (χ3v) is 1.96. The van der Waals surface area contributed by atoms with Crippen molar-refractivity contribution in [2.75, 3.05) is 0 Å². The van der Waals surface area contributed by atoms with Crippen molar-refractivity contribution in [1.29, 1.82) is 0 Å². The molecule has 0 bridgehead atoms. The molecule has 0 atom stereocenters. The summed E-state index contributed by atoms with van der Waals surface area (Å²) >= 11 is 5.02. The molecule has 0 radical (unpaired) electrons. The predicted octanol–water partition coefficient (Wildman–Crippen LogP) is 1.59. The Labute approximate surface area is 71.2 Å². The van der Waals surface area contributed by atoms with Gasteiger partial charge in [0.05, 0.1) is 6.67 Å². The zero-order valence-electron chi connectivity index (χ0n) is 6.79. The van der Waals surface area contributed by atoms with E-state index in [1.807, 2.05) is 10.8 Å². The lowest BCUT2D eigenvalue weighted by Crippen LogP contribution is -2.05. The van der Waals surface area contributed by atoms with Gasteiger partial charge >= 0.3 is 0 Å². The Bertz CT molecular complexity index is 284. The summed E-state index contributed by atoms with van der Waals surface area (Å²) in [5, 5.41) is 0. The number of imidazole rings is 1. The molecule has 0 saturated heterocycles. The van der Waals surface area contributed by atoms with E-state index in [-0.39, 0.29) is 0 Å². The normalized spacial score (nSPS) is 10.9. The molecule has 0 aliphatic heterocycles. The smallest absolute Gasteiger partial charge is 0.178 e. The highest BCUT2D eigenvalue weighted by Gasteiger charge is 2.01. The number of hydrogen-bond acceptors (Lipinski definition) is 2. The molecule has 3 nitrogen and oxygen atoms in total. The SMILES string of the molecule is CC(C)c1cn(CN)c(=S)[nH]1. The molecule has 0 unspecified atom stereocenters. The van der Waals surface area contributed by atoms with Crippen LogP contribution in [0.4, 0.5) is 0 Å². The standard InChI is InChI=1S/C7H13N3S/c1-5(2)6-3-10(4-8)7(11)9-6/h3,5H,4,8H2,1-2H3,(H,9,11). The number of nitrogens with zero attached hydrogens (tertiary/aromatic N) is 1. The third-order valence-electron chi connectivity index (χ3n) is 1.63. The molecule has 0 amide bonds. The van der Waals surface area contributed by atoms with E-state index in [0.29, 0.717) is 17.4 Å². The number of nitrogens with one attached hydrogen (secondary N) is 1. The van der Waals surface area contributed by atoms with Gasteiger partial charge in [-0.25, -0.2) is 0 Å². The predicted molar refractivity (Wildman–Crippen MR) is 47.9 cm³/mol. The molecule has 0 saturated carbocycles. The van der Waals surface area contributed by atoms with E-state index in [4.69, 9.17) is 18.0 Å². The average molecular weight is 171 g/mol. The lowest BCUT2D eigenvalue weighted by molar-refractivity contribution is 0.719. The van der Waals surface area contributed by atoms with Crippen molar-refractivity contribution in [2.24, 2.45) is 5.73 Å². The van der Waals surface area contributed by atoms with Crippen LogP contribution in [0.1, 0.15) is 25.5 Å². The zero-order chi connectivity index (χ0) is 8.43. The van der Waals surface area contributed by atoms with Crippen LogP contribution in [-0.2, 0) is 6.67 Å². The van der Waals surface area contributed by atoms with Crippen molar-refractivity contribution < 1.29 is 0 Å². The Morgan fingerprint density at radius 3 is 2.64 bits per heavy atom. The molecule has 1 aromatic heterocycles. The first-order valence-electron chi connectivity index (χ1n) is 3.64. The average Bonchev–Trinajstić information content (AvgIpc) is 2.31. The highest BCUT2D eigenvalue weighted by molar-refractivity contribution is 7.71. The van der Waals surface area contributed by atoms with E-state index in [0.717, 1.165) is 5.69 Å². The van der Waals surface area contributed by atoms with Crippen LogP contribution >= 0.6 is 12.2 Å². The van der Waals surface area contributed by atoms with Crippen molar-refractivity contribution in [2.45, 2.75) is 26.4 Å². The van der Waals surface area contributed by atoms with Crippen molar-refractivity contribution in [3.63, 3.8) is 0 Å². The Balaban J connectivity index is 3.05. The molecule has 4 heteroatoms. The van der Waals surface area contributed by atoms with Crippen LogP contribution in [0.25, 0.3) is 0 Å². The second-order valence-corrected chi connectivity index (χ2v) is 3.21. The molecule has 62 valence electrons. The molecule has 3 N–H and O–H groups in total.